The highest BCUT2D eigenvalue weighted by molar-refractivity contribution is 6.30. The molecule has 0 amide bonds. The summed E-state index contributed by atoms with van der Waals surface area (Å²) in [5.74, 6) is 0. The monoisotopic (exact) mass is 234 g/mol. The van der Waals surface area contributed by atoms with Gasteiger partial charge in [-0.15, -0.1) is 12.4 Å². The molecule has 2 nitrogen and oxygen atoms in total. The van der Waals surface area contributed by atoms with E-state index < -0.39 is 0 Å². The molecule has 1 unspecified atom stereocenters. The number of hydrogen-bond donors (Lipinski definition) is 1. The standard InChI is InChI=1S/C10H15ClN2.ClH/c1-3-8(2)13-7-9-5-4-6-12-10(9)11;/h4-6,8,13H,3,7H2,1-2H3;1H. The molecule has 0 saturated heterocycles. The largest absolute Gasteiger partial charge is 0.310 e. The van der Waals surface area contributed by atoms with Gasteiger partial charge in [-0.25, -0.2) is 4.98 Å². The van der Waals surface area contributed by atoms with E-state index in [1.807, 2.05) is 12.1 Å². The highest BCUT2D eigenvalue weighted by Gasteiger charge is 2.01. The SMILES string of the molecule is CCC(C)NCc1cccnc1Cl.Cl. The third-order valence-corrected chi connectivity index (χ3v) is 2.43. The minimum atomic E-state index is 0. The van der Waals surface area contributed by atoms with Gasteiger partial charge in [-0.2, -0.15) is 0 Å². The van der Waals surface area contributed by atoms with Crippen LogP contribution in [-0.2, 0) is 6.54 Å². The molecule has 1 N–H and O–H groups in total. The van der Waals surface area contributed by atoms with E-state index in [2.05, 4.69) is 24.1 Å². The Kier molecular flexibility index (Phi) is 6.89. The van der Waals surface area contributed by atoms with Crippen LogP contribution in [0, 0.1) is 0 Å². The molecule has 14 heavy (non-hydrogen) atoms. The summed E-state index contributed by atoms with van der Waals surface area (Å²) in [4.78, 5) is 4.01. The Hall–Kier alpha value is -0.310. The van der Waals surface area contributed by atoms with Gasteiger partial charge in [0.2, 0.25) is 0 Å². The normalized spacial score (nSPS) is 11.9. The van der Waals surface area contributed by atoms with Crippen LogP contribution in [0.5, 0.6) is 0 Å². The Bertz CT molecular complexity index is 266. The van der Waals surface area contributed by atoms with Crippen LogP contribution in [0.4, 0.5) is 0 Å². The van der Waals surface area contributed by atoms with E-state index in [0.29, 0.717) is 11.2 Å². The molecule has 0 radical (unpaired) electrons. The zero-order valence-corrected chi connectivity index (χ0v) is 10.0. The van der Waals surface area contributed by atoms with Crippen molar-refractivity contribution >= 4 is 24.0 Å². The van der Waals surface area contributed by atoms with Crippen LogP contribution in [0.15, 0.2) is 18.3 Å². The Morgan fingerprint density at radius 1 is 1.57 bits per heavy atom. The van der Waals surface area contributed by atoms with E-state index in [-0.39, 0.29) is 12.4 Å². The summed E-state index contributed by atoms with van der Waals surface area (Å²) in [5.41, 5.74) is 1.06. The Morgan fingerprint density at radius 3 is 2.86 bits per heavy atom. The van der Waals surface area contributed by atoms with E-state index in [1.165, 1.54) is 0 Å². The highest BCUT2D eigenvalue weighted by atomic mass is 35.5. The third-order valence-electron chi connectivity index (χ3n) is 2.09. The average molecular weight is 235 g/mol. The molecule has 1 rings (SSSR count). The number of halogens is 2. The smallest absolute Gasteiger partial charge is 0.133 e. The maximum atomic E-state index is 5.90. The summed E-state index contributed by atoms with van der Waals surface area (Å²) in [7, 11) is 0. The minimum absolute atomic E-state index is 0. The lowest BCUT2D eigenvalue weighted by molar-refractivity contribution is 0.533. The lowest BCUT2D eigenvalue weighted by Gasteiger charge is -2.11. The summed E-state index contributed by atoms with van der Waals surface area (Å²) in [5, 5.41) is 3.96. The number of aromatic nitrogens is 1. The second-order valence-corrected chi connectivity index (χ2v) is 3.50. The maximum Gasteiger partial charge on any atom is 0.133 e. The van der Waals surface area contributed by atoms with Gasteiger partial charge in [-0.1, -0.05) is 24.6 Å². The molecule has 4 heteroatoms. The summed E-state index contributed by atoms with van der Waals surface area (Å²) in [6.45, 7) is 5.11. The van der Waals surface area contributed by atoms with Crippen LogP contribution < -0.4 is 5.32 Å². The van der Waals surface area contributed by atoms with E-state index >= 15 is 0 Å². The summed E-state index contributed by atoms with van der Waals surface area (Å²) in [6.07, 6.45) is 2.83. The molecule has 0 aromatic carbocycles. The molecular weight excluding hydrogens is 219 g/mol. The first-order valence-corrected chi connectivity index (χ1v) is 4.94. The molecule has 1 aromatic rings. The van der Waals surface area contributed by atoms with E-state index in [0.717, 1.165) is 18.5 Å². The predicted octanol–water partition coefficient (Wildman–Crippen LogP) is 3.04. The molecule has 0 aliphatic rings. The first-order chi connectivity index (χ1) is 6.24. The molecule has 1 heterocycles. The van der Waals surface area contributed by atoms with Gasteiger partial charge in [0, 0.05) is 24.3 Å². The summed E-state index contributed by atoms with van der Waals surface area (Å²) in [6, 6.07) is 4.42. The average Bonchev–Trinajstić information content (AvgIpc) is 2.16. The zero-order chi connectivity index (χ0) is 9.68. The summed E-state index contributed by atoms with van der Waals surface area (Å²) >= 11 is 5.90. The molecule has 80 valence electrons. The van der Waals surface area contributed by atoms with Crippen molar-refractivity contribution in [1.29, 1.82) is 0 Å². The number of nitrogens with one attached hydrogen (secondary N) is 1. The maximum absolute atomic E-state index is 5.90. The quantitative estimate of drug-likeness (QED) is 0.811. The van der Waals surface area contributed by atoms with E-state index in [9.17, 15) is 0 Å². The fourth-order valence-corrected chi connectivity index (χ4v) is 1.17. The van der Waals surface area contributed by atoms with Gasteiger partial charge >= 0.3 is 0 Å². The Labute approximate surface area is 96.5 Å². The van der Waals surface area contributed by atoms with Gasteiger partial charge in [0.25, 0.3) is 0 Å². The second-order valence-electron chi connectivity index (χ2n) is 3.14. The number of rotatable bonds is 4. The lowest BCUT2D eigenvalue weighted by Crippen LogP contribution is -2.24. The van der Waals surface area contributed by atoms with E-state index in [1.54, 1.807) is 6.20 Å². The third kappa shape index (κ3) is 4.27. The van der Waals surface area contributed by atoms with Crippen LogP contribution in [0.3, 0.4) is 0 Å². The van der Waals surface area contributed by atoms with Gasteiger partial charge in [0.05, 0.1) is 0 Å². The van der Waals surface area contributed by atoms with Crippen LogP contribution in [0.25, 0.3) is 0 Å². The Balaban J connectivity index is 0.00000169. The number of hydrogen-bond acceptors (Lipinski definition) is 2. The molecule has 0 spiro atoms. The topological polar surface area (TPSA) is 24.9 Å². The van der Waals surface area contributed by atoms with Gasteiger partial charge in [-0.3, -0.25) is 0 Å². The molecule has 0 aliphatic carbocycles. The molecule has 0 fully saturated rings. The van der Waals surface area contributed by atoms with Crippen molar-refractivity contribution in [3.8, 4) is 0 Å². The van der Waals surface area contributed by atoms with Crippen molar-refractivity contribution in [1.82, 2.24) is 10.3 Å². The predicted molar refractivity (Wildman–Crippen MR) is 63.1 cm³/mol. The van der Waals surface area contributed by atoms with Gasteiger partial charge in [0.15, 0.2) is 0 Å². The first kappa shape index (κ1) is 13.7. The molecule has 0 saturated carbocycles. The number of pyridine rings is 1. The van der Waals surface area contributed by atoms with Crippen molar-refractivity contribution < 1.29 is 0 Å². The van der Waals surface area contributed by atoms with Gasteiger partial charge < -0.3 is 5.32 Å². The number of nitrogens with zero attached hydrogens (tertiary/aromatic N) is 1. The van der Waals surface area contributed by atoms with Crippen molar-refractivity contribution in [3.05, 3.63) is 29.0 Å². The minimum Gasteiger partial charge on any atom is -0.310 e. The van der Waals surface area contributed by atoms with E-state index in [4.69, 9.17) is 11.6 Å². The van der Waals surface area contributed by atoms with Crippen LogP contribution >= 0.6 is 24.0 Å². The lowest BCUT2D eigenvalue weighted by atomic mass is 10.2. The van der Waals surface area contributed by atoms with Gasteiger partial charge in [0.1, 0.15) is 5.15 Å². The summed E-state index contributed by atoms with van der Waals surface area (Å²) < 4.78 is 0. The molecule has 1 atom stereocenters. The fourth-order valence-electron chi connectivity index (χ4n) is 0.980. The van der Waals surface area contributed by atoms with Crippen molar-refractivity contribution in [3.63, 3.8) is 0 Å². The zero-order valence-electron chi connectivity index (χ0n) is 8.46. The van der Waals surface area contributed by atoms with Crippen molar-refractivity contribution in [2.45, 2.75) is 32.9 Å². The van der Waals surface area contributed by atoms with Crippen LogP contribution in [0.1, 0.15) is 25.8 Å². The Morgan fingerprint density at radius 2 is 2.29 bits per heavy atom. The molecular formula is C10H16Cl2N2. The van der Waals surface area contributed by atoms with Crippen molar-refractivity contribution in [2.75, 3.05) is 0 Å². The van der Waals surface area contributed by atoms with Crippen molar-refractivity contribution in [2.24, 2.45) is 0 Å². The first-order valence-electron chi connectivity index (χ1n) is 4.56. The van der Waals surface area contributed by atoms with Gasteiger partial charge in [-0.05, 0) is 19.4 Å². The molecule has 0 aliphatic heterocycles. The molecule has 1 aromatic heterocycles. The highest BCUT2D eigenvalue weighted by Crippen LogP contribution is 2.11. The fraction of sp³-hybridized carbons (Fsp3) is 0.500. The van der Waals surface area contributed by atoms with Crippen LogP contribution in [-0.4, -0.2) is 11.0 Å². The second kappa shape index (κ2) is 7.04. The van der Waals surface area contributed by atoms with Crippen LogP contribution in [0.2, 0.25) is 5.15 Å². The molecule has 0 bridgehead atoms.